The first-order valence-electron chi connectivity index (χ1n) is 8.93. The molecule has 0 aromatic heterocycles. The molecule has 138 valence electrons. The van der Waals surface area contributed by atoms with Gasteiger partial charge in [0.15, 0.2) is 0 Å². The number of amides is 2. The van der Waals surface area contributed by atoms with Gasteiger partial charge in [-0.05, 0) is 42.2 Å². The number of carbonyl (C=O) groups excluding carboxylic acids is 2. The van der Waals surface area contributed by atoms with Crippen LogP contribution >= 0.6 is 0 Å². The predicted octanol–water partition coefficient (Wildman–Crippen LogP) is 4.52. The second-order valence-corrected chi connectivity index (χ2v) is 6.58. The Kier molecular flexibility index (Phi) is 6.78. The third-order valence-electron chi connectivity index (χ3n) is 4.14. The molecule has 0 atom stereocenters. The van der Waals surface area contributed by atoms with Crippen molar-refractivity contribution in [2.45, 2.75) is 40.0 Å². The molecule has 0 aliphatic rings. The summed E-state index contributed by atoms with van der Waals surface area (Å²) in [5.74, 6) is 0.187. The van der Waals surface area contributed by atoms with E-state index in [4.69, 9.17) is 0 Å². The smallest absolute Gasteiger partial charge is 0.243 e. The van der Waals surface area contributed by atoms with Crippen LogP contribution in [0.25, 0.3) is 0 Å². The van der Waals surface area contributed by atoms with Crippen LogP contribution in [0.3, 0.4) is 0 Å². The third kappa shape index (κ3) is 5.34. The van der Waals surface area contributed by atoms with Crippen LogP contribution in [-0.2, 0) is 9.59 Å². The lowest BCUT2D eigenvalue weighted by atomic mass is 10.0. The Morgan fingerprint density at radius 1 is 0.962 bits per heavy atom. The summed E-state index contributed by atoms with van der Waals surface area (Å²) >= 11 is 0. The Hall–Kier alpha value is -2.82. The van der Waals surface area contributed by atoms with Crippen LogP contribution in [0.2, 0.25) is 0 Å². The second kappa shape index (κ2) is 9.04. The number of anilines is 3. The Morgan fingerprint density at radius 3 is 2.38 bits per heavy atom. The van der Waals surface area contributed by atoms with Crippen LogP contribution in [0.4, 0.5) is 17.1 Å². The van der Waals surface area contributed by atoms with E-state index < -0.39 is 0 Å². The number of aryl methyl sites for hydroxylation is 1. The van der Waals surface area contributed by atoms with Gasteiger partial charge in [0.1, 0.15) is 0 Å². The highest BCUT2D eigenvalue weighted by Crippen LogP contribution is 2.24. The van der Waals surface area contributed by atoms with Gasteiger partial charge in [-0.1, -0.05) is 45.0 Å². The molecular weight excluding hydrogens is 326 g/mol. The zero-order chi connectivity index (χ0) is 19.1. The lowest BCUT2D eigenvalue weighted by molar-refractivity contribution is -0.116. The Bertz CT molecular complexity index is 785. The number of hydrogen-bond donors (Lipinski definition) is 3. The van der Waals surface area contributed by atoms with Crippen molar-refractivity contribution in [1.82, 2.24) is 0 Å². The van der Waals surface area contributed by atoms with Crippen LogP contribution in [0.15, 0.2) is 42.5 Å². The molecule has 2 amide bonds. The average Bonchev–Trinajstić information content (AvgIpc) is 2.62. The quantitative estimate of drug-likeness (QED) is 0.685. The van der Waals surface area contributed by atoms with Crippen molar-refractivity contribution >= 4 is 28.9 Å². The predicted molar refractivity (Wildman–Crippen MR) is 108 cm³/mol. The molecular formula is C21H27N3O2. The molecule has 2 aromatic rings. The summed E-state index contributed by atoms with van der Waals surface area (Å²) in [6.07, 6.45) is 0.412. The van der Waals surface area contributed by atoms with Gasteiger partial charge < -0.3 is 16.0 Å². The molecule has 0 heterocycles. The van der Waals surface area contributed by atoms with E-state index in [1.54, 1.807) is 13.0 Å². The number of carbonyl (C=O) groups is 2. The van der Waals surface area contributed by atoms with Gasteiger partial charge in [0.25, 0.3) is 0 Å². The minimum Gasteiger partial charge on any atom is -0.376 e. The monoisotopic (exact) mass is 353 g/mol. The maximum Gasteiger partial charge on any atom is 0.243 e. The molecule has 0 bridgehead atoms. The molecule has 0 aliphatic carbocycles. The van der Waals surface area contributed by atoms with E-state index in [-0.39, 0.29) is 18.4 Å². The van der Waals surface area contributed by atoms with Crippen LogP contribution in [-0.4, -0.2) is 18.4 Å². The van der Waals surface area contributed by atoms with Crippen molar-refractivity contribution in [1.29, 1.82) is 0 Å². The number of para-hydroxylation sites is 1. The first-order chi connectivity index (χ1) is 12.4. The first kappa shape index (κ1) is 19.5. The maximum absolute atomic E-state index is 12.3. The van der Waals surface area contributed by atoms with Crippen molar-refractivity contribution in [2.24, 2.45) is 0 Å². The molecule has 0 radical (unpaired) electrons. The molecule has 0 unspecified atom stereocenters. The summed E-state index contributed by atoms with van der Waals surface area (Å²) in [6, 6.07) is 13.5. The molecule has 0 aliphatic heterocycles. The van der Waals surface area contributed by atoms with Crippen molar-refractivity contribution in [3.05, 3.63) is 53.6 Å². The Labute approximate surface area is 155 Å². The fourth-order valence-corrected chi connectivity index (χ4v) is 2.62. The van der Waals surface area contributed by atoms with Gasteiger partial charge in [0.2, 0.25) is 11.8 Å². The zero-order valence-corrected chi connectivity index (χ0v) is 15.8. The van der Waals surface area contributed by atoms with Gasteiger partial charge >= 0.3 is 0 Å². The largest absolute Gasteiger partial charge is 0.376 e. The van der Waals surface area contributed by atoms with Gasteiger partial charge in [0.05, 0.1) is 6.54 Å². The van der Waals surface area contributed by atoms with E-state index in [2.05, 4.69) is 35.9 Å². The van der Waals surface area contributed by atoms with Crippen LogP contribution in [0, 0.1) is 6.92 Å². The van der Waals surface area contributed by atoms with Gasteiger partial charge in [-0.3, -0.25) is 9.59 Å². The molecule has 5 nitrogen and oxygen atoms in total. The fourth-order valence-electron chi connectivity index (χ4n) is 2.62. The van der Waals surface area contributed by atoms with Gasteiger partial charge in [-0.15, -0.1) is 0 Å². The molecule has 0 fully saturated rings. The summed E-state index contributed by atoms with van der Waals surface area (Å²) in [4.78, 5) is 23.9. The lowest BCUT2D eigenvalue weighted by Gasteiger charge is -2.15. The number of hydrogen-bond acceptors (Lipinski definition) is 3. The molecule has 3 N–H and O–H groups in total. The van der Waals surface area contributed by atoms with E-state index in [0.29, 0.717) is 23.7 Å². The molecule has 26 heavy (non-hydrogen) atoms. The summed E-state index contributed by atoms with van der Waals surface area (Å²) in [5, 5.41) is 8.91. The van der Waals surface area contributed by atoms with Crippen molar-refractivity contribution < 1.29 is 9.59 Å². The molecule has 0 spiro atoms. The topological polar surface area (TPSA) is 70.2 Å². The molecule has 0 saturated heterocycles. The molecule has 0 saturated carbocycles. The fraction of sp³-hybridized carbons (Fsp3) is 0.333. The molecule has 5 heteroatoms. The highest BCUT2D eigenvalue weighted by molar-refractivity contribution is 5.96. The third-order valence-corrected chi connectivity index (χ3v) is 4.14. The van der Waals surface area contributed by atoms with E-state index >= 15 is 0 Å². The van der Waals surface area contributed by atoms with Crippen LogP contribution < -0.4 is 16.0 Å². The van der Waals surface area contributed by atoms with E-state index in [1.165, 1.54) is 5.56 Å². The summed E-state index contributed by atoms with van der Waals surface area (Å²) in [6.45, 7) is 8.14. The normalized spacial score (nSPS) is 10.5. The zero-order valence-electron chi connectivity index (χ0n) is 15.8. The van der Waals surface area contributed by atoms with Crippen molar-refractivity contribution in [2.75, 3.05) is 22.5 Å². The van der Waals surface area contributed by atoms with Crippen LogP contribution in [0.5, 0.6) is 0 Å². The van der Waals surface area contributed by atoms with Crippen molar-refractivity contribution in [3.63, 3.8) is 0 Å². The SMILES string of the molecule is CCC(=O)Nc1cc(NC(=O)CNc2ccccc2C(C)C)ccc1C. The minimum atomic E-state index is -0.139. The maximum atomic E-state index is 12.3. The standard InChI is InChI=1S/C21H27N3O2/c1-5-20(25)24-19-12-16(11-10-15(19)4)23-21(26)13-22-18-9-7-6-8-17(18)14(2)3/h6-12,14,22H,5,13H2,1-4H3,(H,23,26)(H,24,25). The van der Waals surface area contributed by atoms with E-state index in [9.17, 15) is 9.59 Å². The van der Waals surface area contributed by atoms with Gasteiger partial charge in [-0.2, -0.15) is 0 Å². The number of nitrogens with one attached hydrogen (secondary N) is 3. The molecule has 2 aromatic carbocycles. The van der Waals surface area contributed by atoms with Gasteiger partial charge in [0, 0.05) is 23.5 Å². The average molecular weight is 353 g/mol. The van der Waals surface area contributed by atoms with E-state index in [1.807, 2.05) is 37.3 Å². The number of benzene rings is 2. The first-order valence-corrected chi connectivity index (χ1v) is 8.93. The van der Waals surface area contributed by atoms with Crippen LogP contribution in [0.1, 0.15) is 44.2 Å². The highest BCUT2D eigenvalue weighted by Gasteiger charge is 2.09. The minimum absolute atomic E-state index is 0.0523. The summed E-state index contributed by atoms with van der Waals surface area (Å²) in [5.41, 5.74) is 4.48. The Morgan fingerprint density at radius 2 is 1.69 bits per heavy atom. The van der Waals surface area contributed by atoms with E-state index in [0.717, 1.165) is 11.3 Å². The number of rotatable bonds is 7. The van der Waals surface area contributed by atoms with Crippen molar-refractivity contribution in [3.8, 4) is 0 Å². The van der Waals surface area contributed by atoms with Gasteiger partial charge in [-0.25, -0.2) is 0 Å². The summed E-state index contributed by atoms with van der Waals surface area (Å²) < 4.78 is 0. The Balaban J connectivity index is 2.00. The molecule has 2 rings (SSSR count). The highest BCUT2D eigenvalue weighted by atomic mass is 16.2. The summed E-state index contributed by atoms with van der Waals surface area (Å²) in [7, 11) is 0. The second-order valence-electron chi connectivity index (χ2n) is 6.58. The lowest BCUT2D eigenvalue weighted by Crippen LogP contribution is -2.22.